The third-order valence-electron chi connectivity index (χ3n) is 6.45. The van der Waals surface area contributed by atoms with E-state index in [9.17, 15) is 17.6 Å². The normalized spacial score (nSPS) is 19.4. The van der Waals surface area contributed by atoms with Gasteiger partial charge in [0, 0.05) is 4.88 Å². The summed E-state index contributed by atoms with van der Waals surface area (Å²) in [5.41, 5.74) is 1.14. The average molecular weight is 465 g/mol. The van der Waals surface area contributed by atoms with E-state index in [0.29, 0.717) is 11.3 Å². The molecule has 2 aromatic carbocycles. The van der Waals surface area contributed by atoms with Gasteiger partial charge < -0.3 is 4.74 Å². The quantitative estimate of drug-likeness (QED) is 0.331. The van der Waals surface area contributed by atoms with Crippen molar-refractivity contribution in [1.82, 2.24) is 0 Å². The molecule has 1 aliphatic rings. The maximum atomic E-state index is 14.4. The van der Waals surface area contributed by atoms with Crippen molar-refractivity contribution in [3.05, 3.63) is 63.8 Å². The van der Waals surface area contributed by atoms with E-state index in [1.807, 2.05) is 25.1 Å². The number of halogens is 4. The lowest BCUT2D eigenvalue weighted by Gasteiger charge is -2.28. The molecule has 0 radical (unpaired) electrons. The first-order chi connectivity index (χ1) is 15.3. The Labute approximate surface area is 190 Å². The Morgan fingerprint density at radius 1 is 0.969 bits per heavy atom. The Bertz CT molecular complexity index is 1080. The second kappa shape index (κ2) is 9.42. The fourth-order valence-electron chi connectivity index (χ4n) is 4.85. The van der Waals surface area contributed by atoms with E-state index in [0.717, 1.165) is 54.5 Å². The zero-order chi connectivity index (χ0) is 22.9. The summed E-state index contributed by atoms with van der Waals surface area (Å²) in [5, 5.41) is 0.622. The second-order valence-corrected chi connectivity index (χ2v) is 9.67. The molecular formula is C26H28F4OS. The third-order valence-corrected chi connectivity index (χ3v) is 7.78. The summed E-state index contributed by atoms with van der Waals surface area (Å²) in [4.78, 5) is 1.00. The highest BCUT2D eigenvalue weighted by Crippen LogP contribution is 2.48. The number of thiophene rings is 1. The molecule has 1 heterocycles. The highest BCUT2D eigenvalue weighted by Gasteiger charge is 2.38. The van der Waals surface area contributed by atoms with Crippen LogP contribution in [0, 0.1) is 5.82 Å². The molecule has 1 nitrogen and oxygen atoms in total. The van der Waals surface area contributed by atoms with Gasteiger partial charge in [-0.15, -0.1) is 11.3 Å². The lowest BCUT2D eigenvalue weighted by atomic mass is 9.78. The highest BCUT2D eigenvalue weighted by atomic mass is 32.1. The molecule has 0 saturated heterocycles. The van der Waals surface area contributed by atoms with Crippen LogP contribution in [0.1, 0.15) is 79.4 Å². The monoisotopic (exact) mass is 464 g/mol. The molecule has 1 aromatic heterocycles. The highest BCUT2D eigenvalue weighted by molar-refractivity contribution is 7.19. The summed E-state index contributed by atoms with van der Waals surface area (Å²) < 4.78 is 61.3. The van der Waals surface area contributed by atoms with E-state index in [4.69, 9.17) is 4.74 Å². The second-order valence-electron chi connectivity index (χ2n) is 8.59. The topological polar surface area (TPSA) is 9.23 Å². The summed E-state index contributed by atoms with van der Waals surface area (Å²) in [7, 11) is 0. The zero-order valence-corrected chi connectivity index (χ0v) is 19.2. The lowest BCUT2D eigenvalue weighted by Crippen LogP contribution is -2.11. The van der Waals surface area contributed by atoms with Gasteiger partial charge >= 0.3 is 6.18 Å². The molecule has 0 amide bonds. The van der Waals surface area contributed by atoms with E-state index in [1.54, 1.807) is 19.1 Å². The maximum absolute atomic E-state index is 14.4. The van der Waals surface area contributed by atoms with Crippen molar-refractivity contribution in [2.45, 2.75) is 70.4 Å². The molecule has 1 fully saturated rings. The molecule has 0 N–H and O–H groups in total. The molecule has 172 valence electrons. The zero-order valence-electron chi connectivity index (χ0n) is 18.4. The van der Waals surface area contributed by atoms with Crippen LogP contribution in [0.2, 0.25) is 0 Å². The van der Waals surface area contributed by atoms with Crippen LogP contribution in [0.25, 0.3) is 10.1 Å². The van der Waals surface area contributed by atoms with Gasteiger partial charge in [0.2, 0.25) is 0 Å². The summed E-state index contributed by atoms with van der Waals surface area (Å²) in [6.07, 6.45) is 0.834. The lowest BCUT2D eigenvalue weighted by molar-refractivity contribution is -0.137. The van der Waals surface area contributed by atoms with Crippen LogP contribution < -0.4 is 4.74 Å². The van der Waals surface area contributed by atoms with Crippen LogP contribution in [0.4, 0.5) is 17.6 Å². The minimum absolute atomic E-state index is 0.0989. The minimum atomic E-state index is -4.46. The molecule has 3 aromatic rings. The maximum Gasteiger partial charge on any atom is 0.421 e. The van der Waals surface area contributed by atoms with Crippen LogP contribution in [0.5, 0.6) is 5.75 Å². The minimum Gasteiger partial charge on any atom is -0.493 e. The van der Waals surface area contributed by atoms with Crippen molar-refractivity contribution in [2.75, 3.05) is 6.61 Å². The molecule has 0 aliphatic heterocycles. The predicted molar refractivity (Wildman–Crippen MR) is 122 cm³/mol. The molecule has 0 atom stereocenters. The largest absolute Gasteiger partial charge is 0.493 e. The molecular weight excluding hydrogens is 436 g/mol. The first kappa shape index (κ1) is 23.1. The Balaban J connectivity index is 1.54. The number of benzene rings is 2. The number of hydrogen-bond acceptors (Lipinski definition) is 2. The number of alkyl halides is 3. The Morgan fingerprint density at radius 3 is 2.31 bits per heavy atom. The van der Waals surface area contributed by atoms with Crippen LogP contribution in [0.3, 0.4) is 0 Å². The van der Waals surface area contributed by atoms with Gasteiger partial charge in [-0.3, -0.25) is 0 Å². The summed E-state index contributed by atoms with van der Waals surface area (Å²) in [5.74, 6) is 0.324. The smallest absolute Gasteiger partial charge is 0.421 e. The Kier molecular flexibility index (Phi) is 6.80. The fraction of sp³-hybridized carbons (Fsp3) is 0.462. The van der Waals surface area contributed by atoms with Gasteiger partial charge in [0.25, 0.3) is 0 Å². The van der Waals surface area contributed by atoms with Gasteiger partial charge in [-0.1, -0.05) is 25.5 Å². The van der Waals surface area contributed by atoms with Gasteiger partial charge in [0.05, 0.1) is 11.3 Å². The third kappa shape index (κ3) is 4.66. The van der Waals surface area contributed by atoms with Crippen molar-refractivity contribution in [1.29, 1.82) is 0 Å². The number of fused-ring (bicyclic) bond motifs is 1. The van der Waals surface area contributed by atoms with Gasteiger partial charge in [-0.25, -0.2) is 4.39 Å². The number of hydrogen-bond donors (Lipinski definition) is 0. The fourth-order valence-corrected chi connectivity index (χ4v) is 6.24. The van der Waals surface area contributed by atoms with Gasteiger partial charge in [-0.05, 0) is 91.6 Å². The summed E-state index contributed by atoms with van der Waals surface area (Å²) >= 11 is 1.24. The standard InChI is InChI=1S/C26H28F4OS/c1-3-5-17-8-11-19(14-21(17)27)16-6-9-18(10-7-16)23-15-20-12-13-22(31-4-2)24(25(20)32-23)26(28,29)30/h8,11-16,18H,3-7,9-10H2,1-2H3. The molecule has 0 unspecified atom stereocenters. The Hall–Kier alpha value is -2.08. The van der Waals surface area contributed by atoms with Crippen molar-refractivity contribution < 1.29 is 22.3 Å². The van der Waals surface area contributed by atoms with Gasteiger partial charge in [0.15, 0.2) is 0 Å². The molecule has 4 rings (SSSR count). The summed E-state index contributed by atoms with van der Waals surface area (Å²) in [6, 6.07) is 10.7. The van der Waals surface area contributed by atoms with Crippen LogP contribution in [-0.2, 0) is 12.6 Å². The first-order valence-electron chi connectivity index (χ1n) is 11.4. The van der Waals surface area contributed by atoms with E-state index >= 15 is 0 Å². The molecule has 1 saturated carbocycles. The summed E-state index contributed by atoms with van der Waals surface area (Å²) in [6.45, 7) is 3.92. The average Bonchev–Trinajstić information content (AvgIpc) is 3.18. The number of aryl methyl sites for hydroxylation is 1. The molecule has 0 bridgehead atoms. The van der Waals surface area contributed by atoms with E-state index in [1.165, 1.54) is 17.4 Å². The van der Waals surface area contributed by atoms with E-state index < -0.39 is 11.7 Å². The first-order valence-corrected chi connectivity index (χ1v) is 12.2. The van der Waals surface area contributed by atoms with Crippen molar-refractivity contribution in [3.8, 4) is 5.75 Å². The van der Waals surface area contributed by atoms with Crippen molar-refractivity contribution >= 4 is 21.4 Å². The van der Waals surface area contributed by atoms with Crippen LogP contribution >= 0.6 is 11.3 Å². The number of ether oxygens (including phenoxy) is 1. The molecule has 32 heavy (non-hydrogen) atoms. The van der Waals surface area contributed by atoms with E-state index in [2.05, 4.69) is 0 Å². The number of rotatable bonds is 6. The molecule has 1 aliphatic carbocycles. The van der Waals surface area contributed by atoms with Gasteiger partial charge in [-0.2, -0.15) is 13.2 Å². The van der Waals surface area contributed by atoms with Crippen molar-refractivity contribution in [2.24, 2.45) is 0 Å². The van der Waals surface area contributed by atoms with Crippen LogP contribution in [0.15, 0.2) is 36.4 Å². The predicted octanol–water partition coefficient (Wildman–Crippen LogP) is 8.85. The van der Waals surface area contributed by atoms with Crippen molar-refractivity contribution in [3.63, 3.8) is 0 Å². The van der Waals surface area contributed by atoms with E-state index in [-0.39, 0.29) is 28.8 Å². The van der Waals surface area contributed by atoms with Crippen LogP contribution in [-0.4, -0.2) is 6.61 Å². The SMILES string of the molecule is CCCc1ccc(C2CCC(c3cc4ccc(OCC)c(C(F)(F)F)c4s3)CC2)cc1F. The molecule has 0 spiro atoms. The Morgan fingerprint density at radius 2 is 1.69 bits per heavy atom. The molecule has 6 heteroatoms. The van der Waals surface area contributed by atoms with Gasteiger partial charge in [0.1, 0.15) is 17.1 Å².